The fourth-order valence-corrected chi connectivity index (χ4v) is 0.775. The van der Waals surface area contributed by atoms with Crippen LogP contribution >= 0.6 is 0 Å². The van der Waals surface area contributed by atoms with E-state index in [0.717, 1.165) is 6.08 Å². The molecule has 0 aromatic heterocycles. The highest BCUT2D eigenvalue weighted by molar-refractivity contribution is 5.85. The van der Waals surface area contributed by atoms with Gasteiger partial charge in [0.15, 0.2) is 11.5 Å². The van der Waals surface area contributed by atoms with Crippen molar-refractivity contribution >= 4 is 12.0 Å². The first kappa shape index (κ1) is 7.67. The molecule has 0 fully saturated rings. The largest absolute Gasteiger partial charge is 0.504 e. The van der Waals surface area contributed by atoms with Gasteiger partial charge in [0.1, 0.15) is 0 Å². The van der Waals surface area contributed by atoms with Crippen molar-refractivity contribution in [1.82, 2.24) is 0 Å². The van der Waals surface area contributed by atoms with Gasteiger partial charge in [-0.25, -0.2) is 4.79 Å². The van der Waals surface area contributed by atoms with E-state index in [1.54, 1.807) is 0 Å². The molecule has 4 nitrogen and oxygen atoms in total. The van der Waals surface area contributed by atoms with E-state index >= 15 is 0 Å². The number of hydrogen-bond acceptors (Lipinski definition) is 3. The van der Waals surface area contributed by atoms with Gasteiger partial charge in [-0.3, -0.25) is 0 Å². The summed E-state index contributed by atoms with van der Waals surface area (Å²) in [6.45, 7) is 0. The zero-order valence-electron chi connectivity index (χ0n) is 7.56. The Labute approximate surface area is 75.8 Å². The quantitative estimate of drug-likeness (QED) is 0.473. The van der Waals surface area contributed by atoms with Crippen molar-refractivity contribution in [2.24, 2.45) is 0 Å². The lowest BCUT2D eigenvalue weighted by Crippen LogP contribution is -1.85. The standard InChI is InChI=1S/C9H8O4/c10-7-3-1-6(5-8(7)11)2-4-9(12)13/h1-5,10-11H,(H,12,13)/b4-2+/i4D. The Morgan fingerprint density at radius 1 is 1.38 bits per heavy atom. The Hall–Kier alpha value is -1.97. The van der Waals surface area contributed by atoms with E-state index < -0.39 is 12.0 Å². The molecule has 0 heterocycles. The average Bonchev–Trinajstić information content (AvgIpc) is 2.11. The number of carboxylic acid groups (broad SMARTS) is 1. The summed E-state index contributed by atoms with van der Waals surface area (Å²) >= 11 is 0. The smallest absolute Gasteiger partial charge is 0.328 e. The van der Waals surface area contributed by atoms with Gasteiger partial charge >= 0.3 is 5.97 Å². The summed E-state index contributed by atoms with van der Waals surface area (Å²) in [5.74, 6) is -1.99. The van der Waals surface area contributed by atoms with Crippen molar-refractivity contribution in [3.8, 4) is 11.5 Å². The molecule has 0 aliphatic carbocycles. The molecule has 13 heavy (non-hydrogen) atoms. The van der Waals surface area contributed by atoms with Crippen molar-refractivity contribution in [3.63, 3.8) is 0 Å². The molecule has 68 valence electrons. The minimum atomic E-state index is -1.35. The van der Waals surface area contributed by atoms with Crippen LogP contribution in [0.4, 0.5) is 0 Å². The van der Waals surface area contributed by atoms with Crippen molar-refractivity contribution in [2.45, 2.75) is 0 Å². The molecule has 0 aliphatic rings. The maximum absolute atomic E-state index is 10.3. The number of benzene rings is 1. The molecule has 0 spiro atoms. The minimum absolute atomic E-state index is 0.288. The summed E-state index contributed by atoms with van der Waals surface area (Å²) in [6.07, 6.45) is 1.07. The maximum Gasteiger partial charge on any atom is 0.328 e. The normalized spacial score (nSPS) is 12.3. The van der Waals surface area contributed by atoms with Gasteiger partial charge in [0.2, 0.25) is 0 Å². The zero-order valence-corrected chi connectivity index (χ0v) is 6.56. The molecule has 0 radical (unpaired) electrons. The lowest BCUT2D eigenvalue weighted by molar-refractivity contribution is -0.131. The van der Waals surface area contributed by atoms with Crippen molar-refractivity contribution in [1.29, 1.82) is 0 Å². The highest BCUT2D eigenvalue weighted by Crippen LogP contribution is 2.25. The number of phenolic OH excluding ortho intramolecular Hbond substituents is 2. The second-order valence-corrected chi connectivity index (χ2v) is 2.34. The van der Waals surface area contributed by atoms with E-state index in [1.807, 2.05) is 0 Å². The third-order valence-electron chi connectivity index (χ3n) is 1.36. The van der Waals surface area contributed by atoms with Crippen molar-refractivity contribution < 1.29 is 21.5 Å². The molecule has 0 atom stereocenters. The molecule has 0 amide bonds. The van der Waals surface area contributed by atoms with Crippen molar-refractivity contribution in [3.05, 3.63) is 29.8 Å². The Morgan fingerprint density at radius 3 is 2.62 bits per heavy atom. The van der Waals surface area contributed by atoms with Gasteiger partial charge in [-0.2, -0.15) is 0 Å². The molecule has 1 aromatic carbocycles. The van der Waals surface area contributed by atoms with Crippen LogP contribution in [0.3, 0.4) is 0 Å². The summed E-state index contributed by atoms with van der Waals surface area (Å²) in [4.78, 5) is 10.3. The molecule has 4 heteroatoms. The number of aromatic hydroxyl groups is 2. The molecule has 1 aromatic rings. The van der Waals surface area contributed by atoms with Gasteiger partial charge in [-0.05, 0) is 23.8 Å². The first-order chi connectivity index (χ1) is 6.50. The Balaban J connectivity index is 3.04. The summed E-state index contributed by atoms with van der Waals surface area (Å²) in [5.41, 5.74) is 0.340. The lowest BCUT2D eigenvalue weighted by Gasteiger charge is -1.97. The lowest BCUT2D eigenvalue weighted by atomic mass is 10.2. The molecular formula is C9H8O4. The maximum atomic E-state index is 10.3. The fraction of sp³-hybridized carbons (Fsp3) is 0. The summed E-state index contributed by atoms with van der Waals surface area (Å²) in [6, 6.07) is 3.20. The predicted molar refractivity (Wildman–Crippen MR) is 46.4 cm³/mol. The van der Waals surface area contributed by atoms with Gasteiger partial charge < -0.3 is 15.3 Å². The fourth-order valence-electron chi connectivity index (χ4n) is 0.775. The third kappa shape index (κ3) is 2.52. The van der Waals surface area contributed by atoms with E-state index in [0.29, 0.717) is 5.56 Å². The minimum Gasteiger partial charge on any atom is -0.504 e. The Bertz CT molecular complexity index is 398. The van der Waals surface area contributed by atoms with Crippen molar-refractivity contribution in [2.75, 3.05) is 0 Å². The van der Waals surface area contributed by atoms with Gasteiger partial charge in [-0.15, -0.1) is 0 Å². The second-order valence-electron chi connectivity index (χ2n) is 2.34. The van der Waals surface area contributed by atoms with Crippen LogP contribution in [-0.2, 0) is 4.79 Å². The van der Waals surface area contributed by atoms with E-state index in [9.17, 15) is 4.79 Å². The summed E-state index contributed by atoms with van der Waals surface area (Å²) in [5, 5.41) is 26.4. The molecule has 1 rings (SSSR count). The predicted octanol–water partition coefficient (Wildman–Crippen LogP) is 1.20. The van der Waals surface area contributed by atoms with Crippen LogP contribution in [-0.4, -0.2) is 21.3 Å². The van der Waals surface area contributed by atoms with Crippen LogP contribution in [0.25, 0.3) is 6.08 Å². The number of rotatable bonds is 2. The number of aliphatic carboxylic acids is 1. The molecule has 0 saturated carbocycles. The summed E-state index contributed by atoms with van der Waals surface area (Å²) in [7, 11) is 0. The van der Waals surface area contributed by atoms with Crippen LogP contribution in [0, 0.1) is 0 Å². The summed E-state index contributed by atoms with van der Waals surface area (Å²) < 4.78 is 7.01. The molecular weight excluding hydrogens is 172 g/mol. The molecule has 0 bridgehead atoms. The number of carboxylic acids is 1. The average molecular weight is 181 g/mol. The number of phenols is 2. The van der Waals surface area contributed by atoms with Crippen LogP contribution < -0.4 is 0 Å². The first-order valence-electron chi connectivity index (χ1n) is 3.94. The highest BCUT2D eigenvalue weighted by Gasteiger charge is 1.97. The Kier molecular flexibility index (Phi) is 2.14. The topological polar surface area (TPSA) is 77.8 Å². The second kappa shape index (κ2) is 3.62. The monoisotopic (exact) mass is 181 g/mol. The van der Waals surface area contributed by atoms with E-state index in [4.69, 9.17) is 16.7 Å². The van der Waals surface area contributed by atoms with E-state index in [-0.39, 0.29) is 11.5 Å². The first-order valence-corrected chi connectivity index (χ1v) is 3.44. The van der Waals surface area contributed by atoms with E-state index in [1.165, 1.54) is 18.2 Å². The van der Waals surface area contributed by atoms with Gasteiger partial charge in [0.25, 0.3) is 0 Å². The SMILES string of the molecule is [2H]/C(=C\c1ccc(O)c(O)c1)C(=O)O. The number of carbonyl (C=O) groups is 1. The van der Waals surface area contributed by atoms with Crippen LogP contribution in [0.5, 0.6) is 11.5 Å². The van der Waals surface area contributed by atoms with Crippen LogP contribution in [0.2, 0.25) is 0 Å². The zero-order chi connectivity index (χ0) is 10.7. The third-order valence-corrected chi connectivity index (χ3v) is 1.36. The molecule has 0 aliphatic heterocycles. The molecule has 0 saturated heterocycles. The van der Waals surface area contributed by atoms with Crippen LogP contribution in [0.1, 0.15) is 6.93 Å². The Morgan fingerprint density at radius 2 is 2.08 bits per heavy atom. The van der Waals surface area contributed by atoms with Crippen LogP contribution in [0.15, 0.2) is 24.3 Å². The van der Waals surface area contributed by atoms with Gasteiger partial charge in [0, 0.05) is 6.05 Å². The highest BCUT2D eigenvalue weighted by atomic mass is 16.4. The van der Waals surface area contributed by atoms with Gasteiger partial charge in [0.05, 0.1) is 1.37 Å². The molecule has 0 unspecified atom stereocenters. The number of hydrogen-bond donors (Lipinski definition) is 3. The van der Waals surface area contributed by atoms with Gasteiger partial charge in [-0.1, -0.05) is 6.07 Å². The molecule has 3 N–H and O–H groups in total. The van der Waals surface area contributed by atoms with E-state index in [2.05, 4.69) is 0 Å².